The average Bonchev–Trinajstić information content (AvgIpc) is 3.39. The van der Waals surface area contributed by atoms with Gasteiger partial charge in [0.1, 0.15) is 5.82 Å². The lowest BCUT2D eigenvalue weighted by atomic mass is 10.1. The number of urea groups is 1. The molecule has 1 fully saturated rings. The Hall–Kier alpha value is -3.25. The number of amides is 2. The minimum atomic E-state index is -0.254. The molecule has 0 radical (unpaired) electrons. The van der Waals surface area contributed by atoms with Gasteiger partial charge in [-0.25, -0.2) is 9.18 Å². The van der Waals surface area contributed by atoms with E-state index in [1.54, 1.807) is 12.1 Å². The van der Waals surface area contributed by atoms with Crippen LogP contribution in [0.25, 0.3) is 27.7 Å². The fourth-order valence-corrected chi connectivity index (χ4v) is 4.85. The molecule has 0 N–H and O–H groups in total. The maximum atomic E-state index is 13.5. The molecule has 2 aliphatic heterocycles. The van der Waals surface area contributed by atoms with Crippen LogP contribution >= 0.6 is 11.6 Å². The first-order valence-electron chi connectivity index (χ1n) is 11.7. The Morgan fingerprint density at radius 3 is 2.53 bits per heavy atom. The van der Waals surface area contributed by atoms with Gasteiger partial charge in [-0.2, -0.15) is 0 Å². The van der Waals surface area contributed by atoms with E-state index in [0.29, 0.717) is 5.02 Å². The SMILES string of the molecule is CC(C)N1CCN(CCN2C=CC(n3cc(-c4ccc(F)cc4)c4cc(Cl)ccc43)=CC2)C1=O. The summed E-state index contributed by atoms with van der Waals surface area (Å²) >= 11 is 6.31. The summed E-state index contributed by atoms with van der Waals surface area (Å²) in [5.41, 5.74) is 4.07. The first-order chi connectivity index (χ1) is 16.4. The van der Waals surface area contributed by atoms with Gasteiger partial charge in [-0.05, 0) is 61.9 Å². The fraction of sp³-hybridized carbons (Fsp3) is 0.296. The van der Waals surface area contributed by atoms with E-state index in [1.165, 1.54) is 12.1 Å². The summed E-state index contributed by atoms with van der Waals surface area (Å²) in [5, 5.41) is 1.69. The van der Waals surface area contributed by atoms with Crippen LogP contribution in [-0.2, 0) is 0 Å². The Bertz CT molecular complexity index is 1280. The van der Waals surface area contributed by atoms with Crippen molar-refractivity contribution >= 4 is 34.2 Å². The summed E-state index contributed by atoms with van der Waals surface area (Å²) in [4.78, 5) is 18.6. The van der Waals surface area contributed by atoms with Gasteiger partial charge in [0, 0.05) is 72.8 Å². The van der Waals surface area contributed by atoms with Gasteiger partial charge in [0.15, 0.2) is 0 Å². The Kier molecular flexibility index (Phi) is 6.09. The predicted molar refractivity (Wildman–Crippen MR) is 136 cm³/mol. The van der Waals surface area contributed by atoms with E-state index in [-0.39, 0.29) is 17.9 Å². The van der Waals surface area contributed by atoms with E-state index >= 15 is 0 Å². The number of rotatable bonds is 6. The molecule has 3 heterocycles. The second-order valence-electron chi connectivity index (χ2n) is 9.08. The highest BCUT2D eigenvalue weighted by Crippen LogP contribution is 2.35. The monoisotopic (exact) mass is 478 g/mol. The van der Waals surface area contributed by atoms with Crippen molar-refractivity contribution in [1.29, 1.82) is 0 Å². The number of carbonyl (C=O) groups is 1. The molecule has 2 amide bonds. The highest BCUT2D eigenvalue weighted by molar-refractivity contribution is 6.31. The van der Waals surface area contributed by atoms with Gasteiger partial charge in [-0.3, -0.25) is 0 Å². The van der Waals surface area contributed by atoms with E-state index in [4.69, 9.17) is 11.6 Å². The number of aromatic nitrogens is 1. The summed E-state index contributed by atoms with van der Waals surface area (Å²) in [7, 11) is 0. The topological polar surface area (TPSA) is 31.7 Å². The Labute approximate surface area is 204 Å². The fourth-order valence-electron chi connectivity index (χ4n) is 4.68. The van der Waals surface area contributed by atoms with Crippen molar-refractivity contribution in [3.63, 3.8) is 0 Å². The molecular weight excluding hydrogens is 451 g/mol. The molecular formula is C27H28ClFN4O. The van der Waals surface area contributed by atoms with Gasteiger partial charge in [0.25, 0.3) is 0 Å². The quantitative estimate of drug-likeness (QED) is 0.440. The van der Waals surface area contributed by atoms with Gasteiger partial charge in [0.2, 0.25) is 0 Å². The zero-order chi connectivity index (χ0) is 23.8. The second kappa shape index (κ2) is 9.18. The van der Waals surface area contributed by atoms with Crippen LogP contribution in [0.5, 0.6) is 0 Å². The molecule has 176 valence electrons. The minimum Gasteiger partial charge on any atom is -0.372 e. The Morgan fingerprint density at radius 2 is 1.85 bits per heavy atom. The third-order valence-corrected chi connectivity index (χ3v) is 6.83. The molecule has 7 heteroatoms. The number of nitrogens with zero attached hydrogens (tertiary/aromatic N) is 4. The number of hydrogen-bond acceptors (Lipinski definition) is 2. The summed E-state index contributed by atoms with van der Waals surface area (Å²) in [5.74, 6) is -0.254. The van der Waals surface area contributed by atoms with Crippen LogP contribution in [0.15, 0.2) is 67.0 Å². The molecule has 0 spiro atoms. The van der Waals surface area contributed by atoms with Crippen molar-refractivity contribution in [3.8, 4) is 11.1 Å². The number of fused-ring (bicyclic) bond motifs is 1. The highest BCUT2D eigenvalue weighted by Gasteiger charge is 2.29. The molecule has 3 aromatic rings. The minimum absolute atomic E-state index is 0.137. The predicted octanol–water partition coefficient (Wildman–Crippen LogP) is 5.92. The van der Waals surface area contributed by atoms with E-state index < -0.39 is 0 Å². The lowest BCUT2D eigenvalue weighted by Gasteiger charge is -2.26. The molecule has 1 aromatic heterocycles. The van der Waals surface area contributed by atoms with Crippen molar-refractivity contribution in [2.45, 2.75) is 19.9 Å². The molecule has 0 atom stereocenters. The third-order valence-electron chi connectivity index (χ3n) is 6.60. The maximum absolute atomic E-state index is 13.5. The smallest absolute Gasteiger partial charge is 0.320 e. The summed E-state index contributed by atoms with van der Waals surface area (Å²) in [6, 6.07) is 12.8. The first-order valence-corrected chi connectivity index (χ1v) is 12.0. The van der Waals surface area contributed by atoms with E-state index in [2.05, 4.69) is 47.9 Å². The molecule has 2 aliphatic rings. The number of allylic oxidation sites excluding steroid dienone is 2. The number of carbonyl (C=O) groups excluding carboxylic acids is 1. The van der Waals surface area contributed by atoms with Crippen LogP contribution in [0, 0.1) is 5.82 Å². The number of hydrogen-bond donors (Lipinski definition) is 0. The standard InChI is InChI=1S/C27H28ClFN4O/c1-19(2)32-16-15-31(27(32)34)14-13-30-11-9-23(10-12-30)33-18-25(20-3-6-22(29)7-4-20)24-17-21(28)5-8-26(24)33/h3-11,17-19H,12-16H2,1-2H3. The zero-order valence-corrected chi connectivity index (χ0v) is 20.2. The molecule has 34 heavy (non-hydrogen) atoms. The van der Waals surface area contributed by atoms with Crippen LogP contribution in [0.3, 0.4) is 0 Å². The van der Waals surface area contributed by atoms with Crippen molar-refractivity contribution in [3.05, 3.63) is 77.9 Å². The molecule has 0 unspecified atom stereocenters. The van der Waals surface area contributed by atoms with Crippen LogP contribution in [0.4, 0.5) is 9.18 Å². The second-order valence-corrected chi connectivity index (χ2v) is 9.51. The third kappa shape index (κ3) is 4.30. The lowest BCUT2D eigenvalue weighted by molar-refractivity contribution is 0.180. The van der Waals surface area contributed by atoms with Crippen LogP contribution in [-0.4, -0.2) is 64.1 Å². The van der Waals surface area contributed by atoms with E-state index in [1.807, 2.05) is 28.0 Å². The number of halogens is 2. The average molecular weight is 479 g/mol. The summed E-state index contributed by atoms with van der Waals surface area (Å²) in [6.45, 7) is 7.98. The molecule has 1 saturated heterocycles. The summed E-state index contributed by atoms with van der Waals surface area (Å²) < 4.78 is 15.6. The molecule has 5 rings (SSSR count). The molecule has 5 nitrogen and oxygen atoms in total. The van der Waals surface area contributed by atoms with Gasteiger partial charge in [0.05, 0.1) is 5.52 Å². The molecule has 0 aliphatic carbocycles. The molecule has 0 saturated carbocycles. The first kappa shape index (κ1) is 22.5. The highest BCUT2D eigenvalue weighted by atomic mass is 35.5. The van der Waals surface area contributed by atoms with Crippen molar-refractivity contribution in [2.75, 3.05) is 32.7 Å². The zero-order valence-electron chi connectivity index (χ0n) is 19.4. The van der Waals surface area contributed by atoms with E-state index in [9.17, 15) is 9.18 Å². The molecule has 2 aromatic carbocycles. The van der Waals surface area contributed by atoms with Gasteiger partial charge in [-0.15, -0.1) is 0 Å². The van der Waals surface area contributed by atoms with Crippen molar-refractivity contribution < 1.29 is 9.18 Å². The lowest BCUT2D eigenvalue weighted by Crippen LogP contribution is -2.39. The van der Waals surface area contributed by atoms with E-state index in [0.717, 1.165) is 60.5 Å². The number of benzene rings is 2. The summed E-state index contributed by atoms with van der Waals surface area (Å²) in [6.07, 6.45) is 8.46. The molecule has 0 bridgehead atoms. The van der Waals surface area contributed by atoms with Crippen LogP contribution in [0.2, 0.25) is 5.02 Å². The van der Waals surface area contributed by atoms with Gasteiger partial charge >= 0.3 is 6.03 Å². The van der Waals surface area contributed by atoms with Crippen LogP contribution < -0.4 is 0 Å². The Morgan fingerprint density at radius 1 is 1.06 bits per heavy atom. The van der Waals surface area contributed by atoms with Gasteiger partial charge < -0.3 is 19.3 Å². The van der Waals surface area contributed by atoms with Crippen LogP contribution in [0.1, 0.15) is 13.8 Å². The largest absolute Gasteiger partial charge is 0.372 e. The van der Waals surface area contributed by atoms with Crippen molar-refractivity contribution in [1.82, 2.24) is 19.3 Å². The van der Waals surface area contributed by atoms with Gasteiger partial charge in [-0.1, -0.05) is 23.7 Å². The normalized spacial score (nSPS) is 16.3. The maximum Gasteiger partial charge on any atom is 0.320 e. The van der Waals surface area contributed by atoms with Crippen molar-refractivity contribution in [2.24, 2.45) is 0 Å². The Balaban J connectivity index is 1.33.